The molecule has 1 aromatic heterocycles. The fourth-order valence-electron chi connectivity index (χ4n) is 3.05. The molecule has 0 saturated heterocycles. The summed E-state index contributed by atoms with van der Waals surface area (Å²) in [5, 5.41) is 9.80. The molecule has 0 bridgehead atoms. The van der Waals surface area contributed by atoms with Gasteiger partial charge in [0.15, 0.2) is 0 Å². The first-order chi connectivity index (χ1) is 12.2. The molecule has 4 heteroatoms. The maximum Gasteiger partial charge on any atom is 0.255 e. The summed E-state index contributed by atoms with van der Waals surface area (Å²) in [5.41, 5.74) is 3.10. The summed E-state index contributed by atoms with van der Waals surface area (Å²) in [5.74, 6) is -0.0158. The van der Waals surface area contributed by atoms with Gasteiger partial charge in [0, 0.05) is 18.1 Å². The lowest BCUT2D eigenvalue weighted by molar-refractivity contribution is 0.0704. The molecule has 1 heterocycles. The quantitative estimate of drug-likeness (QED) is 0.716. The summed E-state index contributed by atoms with van der Waals surface area (Å²) in [7, 11) is 0. The molecule has 25 heavy (non-hydrogen) atoms. The van der Waals surface area contributed by atoms with Gasteiger partial charge < -0.3 is 4.90 Å². The number of benzene rings is 2. The molecule has 1 amide bonds. The number of hydrogen-bond donors (Lipinski definition) is 0. The Morgan fingerprint density at radius 1 is 1.16 bits per heavy atom. The Bertz CT molecular complexity index is 936. The van der Waals surface area contributed by atoms with Crippen molar-refractivity contribution in [2.75, 3.05) is 6.54 Å². The highest BCUT2D eigenvalue weighted by atomic mass is 16.2. The predicted molar refractivity (Wildman–Crippen MR) is 98.0 cm³/mol. The molecule has 124 valence electrons. The Kier molecular flexibility index (Phi) is 4.76. The smallest absolute Gasteiger partial charge is 0.255 e. The second-order valence-corrected chi connectivity index (χ2v) is 5.88. The number of pyridine rings is 1. The van der Waals surface area contributed by atoms with Crippen molar-refractivity contribution in [3.05, 3.63) is 77.5 Å². The molecule has 2 aromatic carbocycles. The molecule has 3 rings (SSSR count). The summed E-state index contributed by atoms with van der Waals surface area (Å²) in [6.45, 7) is 4.57. The third kappa shape index (κ3) is 3.22. The monoisotopic (exact) mass is 329 g/mol. The first-order valence-corrected chi connectivity index (χ1v) is 8.30. The van der Waals surface area contributed by atoms with E-state index in [-0.39, 0.29) is 11.9 Å². The summed E-state index contributed by atoms with van der Waals surface area (Å²) in [6, 6.07) is 18.9. The van der Waals surface area contributed by atoms with E-state index in [4.69, 9.17) is 5.26 Å². The average molecular weight is 329 g/mol. The molecular formula is C21H19N3O. The van der Waals surface area contributed by atoms with Gasteiger partial charge in [-0.25, -0.2) is 0 Å². The van der Waals surface area contributed by atoms with E-state index in [9.17, 15) is 4.79 Å². The summed E-state index contributed by atoms with van der Waals surface area (Å²) in [6.07, 6.45) is 1.68. The van der Waals surface area contributed by atoms with E-state index in [1.807, 2.05) is 55.1 Å². The second-order valence-electron chi connectivity index (χ2n) is 5.88. The van der Waals surface area contributed by atoms with Crippen LogP contribution in [0.4, 0.5) is 0 Å². The first-order valence-electron chi connectivity index (χ1n) is 8.30. The molecule has 3 aromatic rings. The van der Waals surface area contributed by atoms with Gasteiger partial charge in [0.2, 0.25) is 0 Å². The minimum Gasteiger partial charge on any atom is -0.332 e. The Balaban J connectivity index is 1.96. The number of amides is 1. The van der Waals surface area contributed by atoms with Crippen LogP contribution in [0.5, 0.6) is 0 Å². The SMILES string of the molecule is CCN(C(=O)c1ccnc2ccccc12)C(C)c1ccc(C#N)cc1. The lowest BCUT2D eigenvalue weighted by Gasteiger charge is -2.29. The minimum atomic E-state index is -0.0860. The van der Waals surface area contributed by atoms with E-state index in [0.717, 1.165) is 16.5 Å². The van der Waals surface area contributed by atoms with Crippen LogP contribution in [-0.2, 0) is 0 Å². The van der Waals surface area contributed by atoms with Gasteiger partial charge in [0.05, 0.1) is 28.8 Å². The van der Waals surface area contributed by atoms with E-state index in [1.165, 1.54) is 0 Å². The normalized spacial score (nSPS) is 11.7. The molecule has 1 atom stereocenters. The van der Waals surface area contributed by atoms with Crippen LogP contribution in [0.25, 0.3) is 10.9 Å². The van der Waals surface area contributed by atoms with Gasteiger partial charge in [-0.05, 0) is 43.7 Å². The third-order valence-corrected chi connectivity index (χ3v) is 4.47. The highest BCUT2D eigenvalue weighted by molar-refractivity contribution is 6.06. The van der Waals surface area contributed by atoms with Crippen molar-refractivity contribution in [1.82, 2.24) is 9.88 Å². The van der Waals surface area contributed by atoms with Crippen molar-refractivity contribution < 1.29 is 4.79 Å². The zero-order valence-corrected chi connectivity index (χ0v) is 14.3. The molecule has 0 spiro atoms. The van der Waals surface area contributed by atoms with Crippen molar-refractivity contribution >= 4 is 16.8 Å². The van der Waals surface area contributed by atoms with Crippen molar-refractivity contribution in [2.24, 2.45) is 0 Å². The topological polar surface area (TPSA) is 57.0 Å². The fourth-order valence-corrected chi connectivity index (χ4v) is 3.05. The van der Waals surface area contributed by atoms with Crippen molar-refractivity contribution in [2.45, 2.75) is 19.9 Å². The van der Waals surface area contributed by atoms with Gasteiger partial charge in [-0.15, -0.1) is 0 Å². The Hall–Kier alpha value is -3.19. The van der Waals surface area contributed by atoms with Crippen molar-refractivity contribution in [3.8, 4) is 6.07 Å². The summed E-state index contributed by atoms with van der Waals surface area (Å²) in [4.78, 5) is 19.3. The molecule has 0 radical (unpaired) electrons. The first kappa shape index (κ1) is 16.7. The maximum absolute atomic E-state index is 13.2. The number of rotatable bonds is 4. The third-order valence-electron chi connectivity index (χ3n) is 4.47. The Morgan fingerprint density at radius 2 is 1.88 bits per heavy atom. The molecule has 1 unspecified atom stereocenters. The predicted octanol–water partition coefficient (Wildman–Crippen LogP) is 4.33. The molecule has 0 aliphatic rings. The average Bonchev–Trinajstić information content (AvgIpc) is 2.68. The number of hydrogen-bond acceptors (Lipinski definition) is 3. The van der Waals surface area contributed by atoms with E-state index in [0.29, 0.717) is 17.7 Å². The summed E-state index contributed by atoms with van der Waals surface area (Å²) >= 11 is 0. The van der Waals surface area contributed by atoms with Gasteiger partial charge in [-0.2, -0.15) is 5.26 Å². The van der Waals surface area contributed by atoms with Crippen LogP contribution in [0.15, 0.2) is 60.8 Å². The van der Waals surface area contributed by atoms with Crippen LogP contribution in [0, 0.1) is 11.3 Å². The van der Waals surface area contributed by atoms with Crippen LogP contribution in [0.2, 0.25) is 0 Å². The van der Waals surface area contributed by atoms with E-state index < -0.39 is 0 Å². The van der Waals surface area contributed by atoms with Gasteiger partial charge in [0.25, 0.3) is 5.91 Å². The lowest BCUT2D eigenvalue weighted by Crippen LogP contribution is -2.33. The standard InChI is InChI=1S/C21H19N3O/c1-3-24(15(2)17-10-8-16(14-22)9-11-17)21(25)19-12-13-23-20-7-5-4-6-18(19)20/h4-13,15H,3H2,1-2H3. The number of nitrogens with zero attached hydrogens (tertiary/aromatic N) is 3. The van der Waals surface area contributed by atoms with Crippen LogP contribution in [-0.4, -0.2) is 22.3 Å². The molecule has 4 nitrogen and oxygen atoms in total. The molecule has 0 aliphatic carbocycles. The fraction of sp³-hybridized carbons (Fsp3) is 0.190. The number of carbonyl (C=O) groups is 1. The van der Waals surface area contributed by atoms with E-state index in [2.05, 4.69) is 11.1 Å². The Labute approximate surface area is 147 Å². The molecular weight excluding hydrogens is 310 g/mol. The van der Waals surface area contributed by atoms with Gasteiger partial charge in [0.1, 0.15) is 0 Å². The van der Waals surface area contributed by atoms with Crippen LogP contribution in [0.1, 0.15) is 41.4 Å². The van der Waals surface area contributed by atoms with E-state index >= 15 is 0 Å². The minimum absolute atomic E-state index is 0.0158. The number of para-hydroxylation sites is 1. The van der Waals surface area contributed by atoms with Crippen LogP contribution < -0.4 is 0 Å². The second kappa shape index (κ2) is 7.14. The van der Waals surface area contributed by atoms with Crippen LogP contribution >= 0.6 is 0 Å². The van der Waals surface area contributed by atoms with Gasteiger partial charge in [-0.1, -0.05) is 30.3 Å². The molecule has 0 aliphatic heterocycles. The van der Waals surface area contributed by atoms with Crippen molar-refractivity contribution in [1.29, 1.82) is 5.26 Å². The van der Waals surface area contributed by atoms with Gasteiger partial charge >= 0.3 is 0 Å². The number of carbonyl (C=O) groups excluding carboxylic acids is 1. The molecule has 0 saturated carbocycles. The number of nitriles is 1. The largest absolute Gasteiger partial charge is 0.332 e. The molecule has 0 fully saturated rings. The highest BCUT2D eigenvalue weighted by Crippen LogP contribution is 2.25. The number of aromatic nitrogens is 1. The van der Waals surface area contributed by atoms with Gasteiger partial charge in [-0.3, -0.25) is 9.78 Å². The number of fused-ring (bicyclic) bond motifs is 1. The highest BCUT2D eigenvalue weighted by Gasteiger charge is 2.22. The lowest BCUT2D eigenvalue weighted by atomic mass is 10.0. The zero-order chi connectivity index (χ0) is 17.8. The zero-order valence-electron chi connectivity index (χ0n) is 14.3. The Morgan fingerprint density at radius 3 is 2.56 bits per heavy atom. The molecule has 0 N–H and O–H groups in total. The van der Waals surface area contributed by atoms with Crippen LogP contribution in [0.3, 0.4) is 0 Å². The maximum atomic E-state index is 13.2. The van der Waals surface area contributed by atoms with Crippen molar-refractivity contribution in [3.63, 3.8) is 0 Å². The van der Waals surface area contributed by atoms with E-state index in [1.54, 1.807) is 24.4 Å². The summed E-state index contributed by atoms with van der Waals surface area (Å²) < 4.78 is 0.